The van der Waals surface area contributed by atoms with Crippen molar-refractivity contribution in [1.29, 1.82) is 0 Å². The lowest BCUT2D eigenvalue weighted by atomic mass is 8.92. The summed E-state index contributed by atoms with van der Waals surface area (Å²) >= 11 is 0. The molecule has 0 aromatic rings. The van der Waals surface area contributed by atoms with Crippen LogP contribution in [0.1, 0.15) is 161 Å². The number of hydrogen-bond donors (Lipinski definition) is 0. The molecule has 0 amide bonds. The molecule has 36 atom stereocenters. The van der Waals surface area contributed by atoms with Crippen molar-refractivity contribution in [2.24, 2.45) is 209 Å². The summed E-state index contributed by atoms with van der Waals surface area (Å²) in [6.45, 7) is 0. The van der Waals surface area contributed by atoms with E-state index in [9.17, 15) is 0 Å². The van der Waals surface area contributed by atoms with E-state index in [0.717, 1.165) is 61.1 Å². The van der Waals surface area contributed by atoms with Crippen LogP contribution in [0.3, 0.4) is 0 Å². The molecule has 0 N–H and O–H groups in total. The maximum atomic E-state index is 1.88. The first-order valence-electron chi connectivity index (χ1n) is 30.2. The Morgan fingerprint density at radius 1 is 0.328 bits per heavy atom. The lowest BCUT2D eigenvalue weighted by molar-refractivity contribution is -0.650. The fourth-order valence-electron chi connectivity index (χ4n) is 37.5. The Bertz CT molecular complexity index is 2290. The average Bonchev–Trinajstić information content (AvgIpc) is 3.31. The van der Waals surface area contributed by atoms with Gasteiger partial charge in [-0.1, -0.05) is 64.2 Å². The van der Waals surface area contributed by atoms with Gasteiger partial charge in [0.1, 0.15) is 0 Å². The fourth-order valence-corrected chi connectivity index (χ4v) is 37.5. The monoisotopic (exact) mass is 811 g/mol. The highest BCUT2D eigenvalue weighted by Gasteiger charge is 3.12. The molecule has 0 aliphatic heterocycles. The van der Waals surface area contributed by atoms with Crippen molar-refractivity contribution in [2.75, 3.05) is 0 Å². The van der Waals surface area contributed by atoms with Crippen LogP contribution in [0, 0.1) is 209 Å². The summed E-state index contributed by atoms with van der Waals surface area (Å²) in [4.78, 5) is 0. The largest absolute Gasteiger partial charge is 0.0533 e. The summed E-state index contributed by atoms with van der Waals surface area (Å²) in [5, 5.41) is 0. The van der Waals surface area contributed by atoms with Gasteiger partial charge in [0, 0.05) is 0 Å². The van der Waals surface area contributed by atoms with Crippen molar-refractivity contribution in [3.05, 3.63) is 0 Å². The molecule has 24 aliphatic rings. The van der Waals surface area contributed by atoms with E-state index in [1.54, 1.807) is 122 Å². The van der Waals surface area contributed by atoms with E-state index in [0.29, 0.717) is 0 Å². The summed E-state index contributed by atoms with van der Waals surface area (Å²) in [5.74, 6) is 34.4. The number of rotatable bonds is 0. The minimum atomic E-state index is 0.790. The van der Waals surface area contributed by atoms with Crippen LogP contribution in [0.5, 0.6) is 0 Å². The van der Waals surface area contributed by atoms with Gasteiger partial charge in [0.05, 0.1) is 0 Å². The van der Waals surface area contributed by atoms with Crippen molar-refractivity contribution in [3.8, 4) is 0 Å². The standard InChI is InChI=1S/C61H78/c1-2-4-9-26-10-6-15-35-47-53-48-37-23-36-46-34-22-33-32-21-28-24-59(48,56(36,37)25-55(28,46)45(33)34)57(53)18-16-27-11-7-13-29(32)30-14-8-17-54(27)19-20-58(47,57)60(35)44(26)42-43-50-41-39-31(12-5-3-1)38(30)40(39)49(41)61(50,54)52(43)51(42)60/h26-53H,1-25H2. The summed E-state index contributed by atoms with van der Waals surface area (Å²) in [6, 6.07) is 0. The molecule has 11 bridgehead atoms. The van der Waals surface area contributed by atoms with Crippen LogP contribution in [0.4, 0.5) is 0 Å². The summed E-state index contributed by atoms with van der Waals surface area (Å²) in [7, 11) is 0. The molecule has 0 saturated heterocycles. The minimum absolute atomic E-state index is 0.790. The van der Waals surface area contributed by atoms with Gasteiger partial charge in [0.15, 0.2) is 0 Å². The van der Waals surface area contributed by atoms with Crippen molar-refractivity contribution in [1.82, 2.24) is 0 Å². The molecule has 0 aromatic carbocycles. The molecule has 0 heteroatoms. The van der Waals surface area contributed by atoms with E-state index >= 15 is 0 Å². The molecule has 0 aromatic heterocycles. The summed E-state index contributed by atoms with van der Waals surface area (Å²) in [6.07, 6.45) is 43.5. The third-order valence-corrected chi connectivity index (χ3v) is 35.5. The van der Waals surface area contributed by atoms with Gasteiger partial charge in [-0.05, 0) is 305 Å². The van der Waals surface area contributed by atoms with E-state index in [4.69, 9.17) is 0 Å². The quantitative estimate of drug-likeness (QED) is 0.229. The van der Waals surface area contributed by atoms with E-state index < -0.39 is 0 Å². The third-order valence-electron chi connectivity index (χ3n) is 35.5. The third kappa shape index (κ3) is 2.13. The minimum Gasteiger partial charge on any atom is -0.0533 e. The zero-order valence-electron chi connectivity index (χ0n) is 37.8. The van der Waals surface area contributed by atoms with Gasteiger partial charge < -0.3 is 0 Å². The van der Waals surface area contributed by atoms with Crippen molar-refractivity contribution >= 4 is 0 Å². The van der Waals surface area contributed by atoms with Gasteiger partial charge in [-0.15, -0.1) is 0 Å². The Kier molecular flexibility index (Phi) is 4.43. The Morgan fingerprint density at radius 3 is 2.10 bits per heavy atom. The zero-order valence-corrected chi connectivity index (χ0v) is 37.8. The van der Waals surface area contributed by atoms with Crippen molar-refractivity contribution < 1.29 is 0 Å². The molecule has 0 nitrogen and oxygen atoms in total. The summed E-state index contributed by atoms with van der Waals surface area (Å²) < 4.78 is 0. The van der Waals surface area contributed by atoms with Crippen LogP contribution in [0.15, 0.2) is 0 Å². The van der Waals surface area contributed by atoms with Crippen LogP contribution in [0.2, 0.25) is 0 Å². The molecule has 61 heavy (non-hydrogen) atoms. The fraction of sp³-hybridized carbons (Fsp3) is 1.00. The number of fused-ring (bicyclic) bond motifs is 7. The molecule has 0 radical (unpaired) electrons. The predicted molar refractivity (Wildman–Crippen MR) is 233 cm³/mol. The first-order valence-corrected chi connectivity index (χ1v) is 30.2. The average molecular weight is 811 g/mol. The maximum Gasteiger partial charge on any atom is -0.0133 e. The Labute approximate surface area is 368 Å². The van der Waals surface area contributed by atoms with E-state index in [1.807, 2.05) is 38.5 Å². The molecule has 24 saturated carbocycles. The molecular formula is C61H78. The van der Waals surface area contributed by atoms with Gasteiger partial charge in [-0.2, -0.15) is 0 Å². The maximum absolute atomic E-state index is 1.88. The SMILES string of the molecule is C1CCCC2CCCC3C4C5C6C7CC8C9C%10CC%11C%12CC%13CC6(C87CC%139C%11%10)C56CCC5CCCC%12C7CCCC58CCC46C34C2C2C3C5C6C9C(CCC1)C7C9C6C58C3C24. The van der Waals surface area contributed by atoms with Gasteiger partial charge in [0.25, 0.3) is 0 Å². The Morgan fingerprint density at radius 2 is 1.11 bits per heavy atom. The van der Waals surface area contributed by atoms with Crippen molar-refractivity contribution in [2.45, 2.75) is 161 Å². The lowest BCUT2D eigenvalue weighted by Gasteiger charge is -3.11. The zero-order chi connectivity index (χ0) is 37.8. The number of hydrogen-bond acceptors (Lipinski definition) is 0. The molecule has 8 spiro atoms. The first-order chi connectivity index (χ1) is 30.2. The second-order valence-corrected chi connectivity index (χ2v) is 32.0. The second kappa shape index (κ2) is 8.47. The van der Waals surface area contributed by atoms with Crippen LogP contribution < -0.4 is 0 Å². The Hall–Kier alpha value is 0. The Balaban J connectivity index is 0.857. The molecule has 24 fully saturated rings. The van der Waals surface area contributed by atoms with Crippen LogP contribution >= 0.6 is 0 Å². The topological polar surface area (TPSA) is 0 Å². The second-order valence-electron chi connectivity index (χ2n) is 32.0. The van der Waals surface area contributed by atoms with Gasteiger partial charge in [-0.3, -0.25) is 0 Å². The molecule has 322 valence electrons. The van der Waals surface area contributed by atoms with E-state index in [2.05, 4.69) is 0 Å². The normalized spacial score (nSPS) is 84.6. The van der Waals surface area contributed by atoms with Crippen molar-refractivity contribution in [3.63, 3.8) is 0 Å². The molecular weight excluding hydrogens is 733 g/mol. The summed E-state index contributed by atoms with van der Waals surface area (Å²) in [5.41, 5.74) is 6.90. The smallest absolute Gasteiger partial charge is 0.0133 e. The highest BCUT2D eigenvalue weighted by Crippen LogP contribution is 3.16. The van der Waals surface area contributed by atoms with Crippen LogP contribution in [-0.2, 0) is 0 Å². The van der Waals surface area contributed by atoms with E-state index in [-0.39, 0.29) is 0 Å². The molecule has 36 unspecified atom stereocenters. The van der Waals surface area contributed by atoms with Gasteiger partial charge in [-0.25, -0.2) is 0 Å². The predicted octanol–water partition coefficient (Wildman–Crippen LogP) is 13.2. The van der Waals surface area contributed by atoms with Gasteiger partial charge in [0.2, 0.25) is 0 Å². The molecule has 24 aliphatic carbocycles. The highest BCUT2D eigenvalue weighted by molar-refractivity contribution is 5.58. The molecule has 0 heterocycles. The molecule has 24 rings (SSSR count). The van der Waals surface area contributed by atoms with E-state index in [1.165, 1.54) is 148 Å². The van der Waals surface area contributed by atoms with Gasteiger partial charge >= 0.3 is 0 Å². The first kappa shape index (κ1) is 31.9. The van der Waals surface area contributed by atoms with Crippen LogP contribution in [0.25, 0.3) is 0 Å². The van der Waals surface area contributed by atoms with Crippen LogP contribution in [-0.4, -0.2) is 0 Å². The highest BCUT2D eigenvalue weighted by atomic mass is 15.2. The lowest BCUT2D eigenvalue weighted by Crippen LogP contribution is -3.08.